The first-order chi connectivity index (χ1) is 15.0. The predicted octanol–water partition coefficient (Wildman–Crippen LogP) is 4.82. The summed E-state index contributed by atoms with van der Waals surface area (Å²) in [5, 5.41) is 11.1. The Labute approximate surface area is 187 Å². The number of anilines is 1. The van der Waals surface area contributed by atoms with Gasteiger partial charge in [0.2, 0.25) is 0 Å². The van der Waals surface area contributed by atoms with E-state index < -0.39 is 5.97 Å². The average Bonchev–Trinajstić information content (AvgIpc) is 3.30. The highest BCUT2D eigenvalue weighted by atomic mass is 32.1. The number of piperazine rings is 1. The van der Waals surface area contributed by atoms with E-state index in [4.69, 9.17) is 9.84 Å². The van der Waals surface area contributed by atoms with Crippen LogP contribution in [0.25, 0.3) is 10.4 Å². The molecule has 0 amide bonds. The molecule has 5 nitrogen and oxygen atoms in total. The number of carboxylic acids is 1. The van der Waals surface area contributed by atoms with Gasteiger partial charge in [-0.3, -0.25) is 4.90 Å². The molecule has 31 heavy (non-hydrogen) atoms. The van der Waals surface area contributed by atoms with E-state index in [9.17, 15) is 4.79 Å². The molecule has 0 aliphatic carbocycles. The molecule has 2 heterocycles. The number of hydrogen-bond donors (Lipinski definition) is 1. The first kappa shape index (κ1) is 21.4. The lowest BCUT2D eigenvalue weighted by atomic mass is 10.1. The number of rotatable bonds is 7. The largest absolute Gasteiger partial charge is 0.482 e. The minimum Gasteiger partial charge on any atom is -0.482 e. The number of carbonyl (C=O) groups is 1. The first-order valence-electron chi connectivity index (χ1n) is 10.6. The van der Waals surface area contributed by atoms with E-state index in [0.29, 0.717) is 5.75 Å². The molecule has 1 saturated heterocycles. The Morgan fingerprint density at radius 2 is 1.87 bits per heavy atom. The van der Waals surface area contributed by atoms with Crippen LogP contribution in [0.15, 0.2) is 53.9 Å². The van der Waals surface area contributed by atoms with Crippen LogP contribution in [0.1, 0.15) is 16.7 Å². The molecule has 0 atom stereocenters. The molecular formula is C25H28N2O3S. The van der Waals surface area contributed by atoms with E-state index >= 15 is 0 Å². The smallest absolute Gasteiger partial charge is 0.341 e. The third-order valence-corrected chi connectivity index (χ3v) is 6.82. The molecule has 1 aliphatic heterocycles. The summed E-state index contributed by atoms with van der Waals surface area (Å²) in [6.07, 6.45) is 0. The summed E-state index contributed by atoms with van der Waals surface area (Å²) < 4.78 is 5.60. The third-order valence-electron chi connectivity index (χ3n) is 5.90. The van der Waals surface area contributed by atoms with Gasteiger partial charge in [-0.2, -0.15) is 0 Å². The van der Waals surface area contributed by atoms with Crippen LogP contribution in [0.4, 0.5) is 5.69 Å². The molecule has 4 rings (SSSR count). The number of aliphatic carboxylic acids is 1. The molecule has 1 aromatic heterocycles. The number of hydrogen-bond acceptors (Lipinski definition) is 5. The van der Waals surface area contributed by atoms with Crippen LogP contribution in [-0.2, 0) is 11.3 Å². The van der Waals surface area contributed by atoms with Crippen LogP contribution < -0.4 is 9.64 Å². The lowest BCUT2D eigenvalue weighted by Gasteiger charge is -2.37. The Morgan fingerprint density at radius 1 is 1.06 bits per heavy atom. The van der Waals surface area contributed by atoms with Gasteiger partial charge >= 0.3 is 5.97 Å². The Morgan fingerprint density at radius 3 is 2.58 bits per heavy atom. The van der Waals surface area contributed by atoms with Gasteiger partial charge in [-0.05, 0) is 66.2 Å². The molecule has 1 aliphatic rings. The fourth-order valence-corrected chi connectivity index (χ4v) is 4.77. The molecule has 3 aromatic rings. The highest BCUT2D eigenvalue weighted by Gasteiger charge is 2.20. The van der Waals surface area contributed by atoms with Crippen molar-refractivity contribution in [1.29, 1.82) is 0 Å². The van der Waals surface area contributed by atoms with Crippen LogP contribution in [0.3, 0.4) is 0 Å². The maximum absolute atomic E-state index is 11.0. The summed E-state index contributed by atoms with van der Waals surface area (Å²) >= 11 is 1.70. The zero-order valence-electron chi connectivity index (χ0n) is 18.0. The molecule has 1 fully saturated rings. The standard InChI is InChI=1S/C25H28N2O3S/c1-18-5-3-6-22(19(18)2)27-12-10-26(11-13-27)16-21-15-20(24-7-4-14-31-24)8-9-23(21)30-17-25(28)29/h3-9,14-15H,10-13,16-17H2,1-2H3,(H,28,29). The topological polar surface area (TPSA) is 53.0 Å². The molecule has 1 N–H and O–H groups in total. The van der Waals surface area contributed by atoms with E-state index in [1.165, 1.54) is 21.7 Å². The fourth-order valence-electron chi connectivity index (χ4n) is 4.05. The second-order valence-corrected chi connectivity index (χ2v) is 8.91. The molecule has 0 spiro atoms. The number of nitrogens with zero attached hydrogens (tertiary/aromatic N) is 2. The van der Waals surface area contributed by atoms with Crippen LogP contribution >= 0.6 is 11.3 Å². The summed E-state index contributed by atoms with van der Waals surface area (Å²) in [5.74, 6) is -0.310. The van der Waals surface area contributed by atoms with Gasteiger partial charge in [-0.15, -0.1) is 11.3 Å². The Hall–Kier alpha value is -2.83. The zero-order valence-corrected chi connectivity index (χ0v) is 18.8. The van der Waals surface area contributed by atoms with Crippen molar-refractivity contribution in [3.05, 3.63) is 70.6 Å². The lowest BCUT2D eigenvalue weighted by Crippen LogP contribution is -2.46. The van der Waals surface area contributed by atoms with Crippen molar-refractivity contribution in [2.24, 2.45) is 0 Å². The van der Waals surface area contributed by atoms with Gasteiger partial charge in [-0.1, -0.05) is 18.2 Å². The molecule has 2 aromatic carbocycles. The van der Waals surface area contributed by atoms with E-state index in [0.717, 1.165) is 43.9 Å². The Bertz CT molecular complexity index is 1040. The van der Waals surface area contributed by atoms with Crippen LogP contribution in [0.2, 0.25) is 0 Å². The van der Waals surface area contributed by atoms with Gasteiger partial charge in [0.25, 0.3) is 0 Å². The third kappa shape index (κ3) is 5.09. The SMILES string of the molecule is Cc1cccc(N2CCN(Cc3cc(-c4cccs4)ccc3OCC(=O)O)CC2)c1C. The lowest BCUT2D eigenvalue weighted by molar-refractivity contribution is -0.139. The van der Waals surface area contributed by atoms with Crippen molar-refractivity contribution in [3.8, 4) is 16.2 Å². The first-order valence-corrected chi connectivity index (χ1v) is 11.4. The molecule has 0 saturated carbocycles. The number of carboxylic acid groups (broad SMARTS) is 1. The van der Waals surface area contributed by atoms with E-state index in [-0.39, 0.29) is 6.61 Å². The monoisotopic (exact) mass is 436 g/mol. The maximum atomic E-state index is 11.0. The zero-order chi connectivity index (χ0) is 21.8. The van der Waals surface area contributed by atoms with Gasteiger partial charge in [0.1, 0.15) is 5.75 Å². The number of thiophene rings is 1. The van der Waals surface area contributed by atoms with Crippen molar-refractivity contribution >= 4 is 23.0 Å². The number of ether oxygens (including phenoxy) is 1. The van der Waals surface area contributed by atoms with Crippen molar-refractivity contribution in [1.82, 2.24) is 4.90 Å². The second kappa shape index (κ2) is 9.54. The minimum atomic E-state index is -0.963. The maximum Gasteiger partial charge on any atom is 0.341 e. The molecule has 0 radical (unpaired) electrons. The summed E-state index contributed by atoms with van der Waals surface area (Å²) in [5.41, 5.74) is 6.17. The minimum absolute atomic E-state index is 0.328. The normalized spacial score (nSPS) is 14.6. The van der Waals surface area contributed by atoms with E-state index in [1.54, 1.807) is 11.3 Å². The molecule has 0 bridgehead atoms. The van der Waals surface area contributed by atoms with Gasteiger partial charge < -0.3 is 14.7 Å². The second-order valence-electron chi connectivity index (χ2n) is 7.96. The summed E-state index contributed by atoms with van der Waals surface area (Å²) in [6, 6.07) is 16.7. The summed E-state index contributed by atoms with van der Waals surface area (Å²) in [6.45, 7) is 8.62. The van der Waals surface area contributed by atoms with Crippen LogP contribution in [-0.4, -0.2) is 48.8 Å². The van der Waals surface area contributed by atoms with Gasteiger partial charge in [0, 0.05) is 48.9 Å². The van der Waals surface area contributed by atoms with Gasteiger partial charge in [-0.25, -0.2) is 4.79 Å². The average molecular weight is 437 g/mol. The van der Waals surface area contributed by atoms with Crippen molar-refractivity contribution < 1.29 is 14.6 Å². The number of benzene rings is 2. The highest BCUT2D eigenvalue weighted by molar-refractivity contribution is 7.13. The Balaban J connectivity index is 1.48. The van der Waals surface area contributed by atoms with Crippen molar-refractivity contribution in [3.63, 3.8) is 0 Å². The highest BCUT2D eigenvalue weighted by Crippen LogP contribution is 2.31. The quantitative estimate of drug-likeness (QED) is 0.576. The molecular weight excluding hydrogens is 408 g/mol. The van der Waals surface area contributed by atoms with Crippen LogP contribution in [0, 0.1) is 13.8 Å². The summed E-state index contributed by atoms with van der Waals surface area (Å²) in [4.78, 5) is 17.1. The Kier molecular flexibility index (Phi) is 6.59. The predicted molar refractivity (Wildman–Crippen MR) is 126 cm³/mol. The van der Waals surface area contributed by atoms with Crippen LogP contribution in [0.5, 0.6) is 5.75 Å². The van der Waals surface area contributed by atoms with E-state index in [1.807, 2.05) is 18.2 Å². The molecule has 0 unspecified atom stereocenters. The van der Waals surface area contributed by atoms with Gasteiger partial charge in [0.15, 0.2) is 6.61 Å². The van der Waals surface area contributed by atoms with Crippen molar-refractivity contribution in [2.75, 3.05) is 37.7 Å². The van der Waals surface area contributed by atoms with Crippen molar-refractivity contribution in [2.45, 2.75) is 20.4 Å². The fraction of sp³-hybridized carbons (Fsp3) is 0.320. The molecule has 6 heteroatoms. The molecule has 162 valence electrons. The number of aryl methyl sites for hydroxylation is 1. The summed E-state index contributed by atoms with van der Waals surface area (Å²) in [7, 11) is 0. The van der Waals surface area contributed by atoms with Gasteiger partial charge in [0.05, 0.1) is 0 Å². The van der Waals surface area contributed by atoms with E-state index in [2.05, 4.69) is 59.4 Å².